The van der Waals surface area contributed by atoms with Crippen LogP contribution >= 0.6 is 15.9 Å². The summed E-state index contributed by atoms with van der Waals surface area (Å²) in [7, 11) is 0. The number of ether oxygens (including phenoxy) is 2. The van der Waals surface area contributed by atoms with Crippen molar-refractivity contribution in [2.24, 2.45) is 0 Å². The molecule has 20 heavy (non-hydrogen) atoms. The van der Waals surface area contributed by atoms with Gasteiger partial charge in [-0.3, -0.25) is 4.90 Å². The third kappa shape index (κ3) is 4.41. The molecule has 1 saturated heterocycles. The number of nitrogens with zero attached hydrogens (tertiary/aromatic N) is 1. The first-order valence-corrected chi connectivity index (χ1v) is 7.42. The van der Waals surface area contributed by atoms with Crippen LogP contribution in [0, 0.1) is 12.7 Å². The molecule has 1 aliphatic heterocycles. The third-order valence-electron chi connectivity index (χ3n) is 3.19. The maximum Gasteiger partial charge on any atom is 0.136 e. The molecular formula is C14H19BrFNO3. The summed E-state index contributed by atoms with van der Waals surface area (Å²) in [6.45, 7) is 5.58. The van der Waals surface area contributed by atoms with Crippen molar-refractivity contribution < 1.29 is 19.0 Å². The summed E-state index contributed by atoms with van der Waals surface area (Å²) >= 11 is 3.27. The van der Waals surface area contributed by atoms with E-state index in [4.69, 9.17) is 9.47 Å². The number of hydrogen-bond acceptors (Lipinski definition) is 4. The minimum atomic E-state index is -0.579. The van der Waals surface area contributed by atoms with Crippen LogP contribution in [0.5, 0.6) is 5.75 Å². The lowest BCUT2D eigenvalue weighted by atomic mass is 10.2. The summed E-state index contributed by atoms with van der Waals surface area (Å²) in [5.74, 6) is 0.267. The zero-order chi connectivity index (χ0) is 14.5. The van der Waals surface area contributed by atoms with Crippen LogP contribution < -0.4 is 4.74 Å². The molecule has 0 saturated carbocycles. The molecule has 1 fully saturated rings. The van der Waals surface area contributed by atoms with Crippen molar-refractivity contribution in [3.05, 3.63) is 28.0 Å². The van der Waals surface area contributed by atoms with Crippen LogP contribution in [0.3, 0.4) is 0 Å². The highest BCUT2D eigenvalue weighted by atomic mass is 79.9. The van der Waals surface area contributed by atoms with Gasteiger partial charge in [0.05, 0.1) is 17.7 Å². The maximum absolute atomic E-state index is 13.2. The quantitative estimate of drug-likeness (QED) is 0.884. The van der Waals surface area contributed by atoms with Gasteiger partial charge >= 0.3 is 0 Å². The Morgan fingerprint density at radius 1 is 1.45 bits per heavy atom. The van der Waals surface area contributed by atoms with E-state index in [9.17, 15) is 9.50 Å². The van der Waals surface area contributed by atoms with Gasteiger partial charge in [-0.2, -0.15) is 0 Å². The molecule has 112 valence electrons. The number of benzene rings is 1. The molecule has 1 atom stereocenters. The third-order valence-corrected chi connectivity index (χ3v) is 3.78. The summed E-state index contributed by atoms with van der Waals surface area (Å²) in [5, 5.41) is 10.0. The summed E-state index contributed by atoms with van der Waals surface area (Å²) in [6.07, 6.45) is -0.579. The Hall–Kier alpha value is -0.690. The van der Waals surface area contributed by atoms with Crippen LogP contribution in [0.1, 0.15) is 5.56 Å². The number of aryl methyl sites for hydroxylation is 1. The maximum atomic E-state index is 13.2. The summed E-state index contributed by atoms with van der Waals surface area (Å²) < 4.78 is 24.6. The minimum Gasteiger partial charge on any atom is -0.489 e. The predicted octanol–water partition coefficient (Wildman–Crippen LogP) is 1.97. The molecule has 6 heteroatoms. The van der Waals surface area contributed by atoms with Crippen LogP contribution in [0.25, 0.3) is 0 Å². The first kappa shape index (κ1) is 15.7. The summed E-state index contributed by atoms with van der Waals surface area (Å²) in [4.78, 5) is 2.14. The fourth-order valence-electron chi connectivity index (χ4n) is 2.19. The van der Waals surface area contributed by atoms with Gasteiger partial charge in [0.1, 0.15) is 24.3 Å². The molecule has 0 spiro atoms. The van der Waals surface area contributed by atoms with Crippen molar-refractivity contribution in [1.82, 2.24) is 4.90 Å². The number of hydrogen-bond donors (Lipinski definition) is 1. The molecule has 1 heterocycles. The van der Waals surface area contributed by atoms with E-state index in [-0.39, 0.29) is 12.4 Å². The van der Waals surface area contributed by atoms with Crippen LogP contribution in [0.15, 0.2) is 16.6 Å². The lowest BCUT2D eigenvalue weighted by Crippen LogP contribution is -2.42. The van der Waals surface area contributed by atoms with E-state index in [1.807, 2.05) is 0 Å². The van der Waals surface area contributed by atoms with E-state index in [2.05, 4.69) is 20.8 Å². The highest BCUT2D eigenvalue weighted by molar-refractivity contribution is 9.10. The highest BCUT2D eigenvalue weighted by Crippen LogP contribution is 2.29. The minimum absolute atomic E-state index is 0.183. The van der Waals surface area contributed by atoms with E-state index in [1.54, 1.807) is 6.92 Å². The molecule has 1 aromatic rings. The molecular weight excluding hydrogens is 329 g/mol. The first-order chi connectivity index (χ1) is 9.56. The SMILES string of the molecule is Cc1cc(F)cc(Br)c1OCC(O)CN1CCOCC1. The van der Waals surface area contributed by atoms with E-state index in [0.29, 0.717) is 35.5 Å². The van der Waals surface area contributed by atoms with Crippen molar-refractivity contribution in [2.45, 2.75) is 13.0 Å². The number of aliphatic hydroxyl groups excluding tert-OH is 1. The molecule has 0 amide bonds. The summed E-state index contributed by atoms with van der Waals surface area (Å²) in [6, 6.07) is 2.77. The van der Waals surface area contributed by atoms with Gasteiger partial charge in [-0.25, -0.2) is 4.39 Å². The van der Waals surface area contributed by atoms with Gasteiger partial charge in [-0.15, -0.1) is 0 Å². The lowest BCUT2D eigenvalue weighted by molar-refractivity contribution is 0.00453. The number of halogens is 2. The molecule has 0 radical (unpaired) electrons. The van der Waals surface area contributed by atoms with Gasteiger partial charge in [-0.1, -0.05) is 0 Å². The van der Waals surface area contributed by atoms with Crippen molar-refractivity contribution in [3.63, 3.8) is 0 Å². The smallest absolute Gasteiger partial charge is 0.136 e. The Kier molecular flexibility index (Phi) is 5.77. The van der Waals surface area contributed by atoms with Gasteiger partial charge in [0.15, 0.2) is 0 Å². The Morgan fingerprint density at radius 2 is 2.15 bits per heavy atom. The van der Waals surface area contributed by atoms with E-state index < -0.39 is 6.10 Å². The second-order valence-electron chi connectivity index (χ2n) is 4.91. The Balaban J connectivity index is 1.85. The molecule has 0 aliphatic carbocycles. The Morgan fingerprint density at radius 3 is 2.80 bits per heavy atom. The number of rotatable bonds is 5. The predicted molar refractivity (Wildman–Crippen MR) is 77.6 cm³/mol. The summed E-state index contributed by atoms with van der Waals surface area (Å²) in [5.41, 5.74) is 0.704. The highest BCUT2D eigenvalue weighted by Gasteiger charge is 2.16. The number of β-amino-alcohol motifs (C(OH)–C–C–N with tert-alkyl or cyclic N) is 1. The van der Waals surface area contributed by atoms with Crippen LogP contribution in [-0.2, 0) is 4.74 Å². The van der Waals surface area contributed by atoms with Gasteiger partial charge in [0.25, 0.3) is 0 Å². The van der Waals surface area contributed by atoms with E-state index in [1.165, 1.54) is 12.1 Å². The van der Waals surface area contributed by atoms with Crippen molar-refractivity contribution in [1.29, 1.82) is 0 Å². The average molecular weight is 348 g/mol. The van der Waals surface area contributed by atoms with Crippen LogP contribution in [0.4, 0.5) is 4.39 Å². The average Bonchev–Trinajstić information content (AvgIpc) is 2.38. The molecule has 4 nitrogen and oxygen atoms in total. The second kappa shape index (κ2) is 7.36. The lowest BCUT2D eigenvalue weighted by Gasteiger charge is -2.28. The van der Waals surface area contributed by atoms with Crippen molar-refractivity contribution in [2.75, 3.05) is 39.5 Å². The molecule has 1 unspecified atom stereocenters. The van der Waals surface area contributed by atoms with Crippen LogP contribution in [-0.4, -0.2) is 55.6 Å². The van der Waals surface area contributed by atoms with Crippen molar-refractivity contribution in [3.8, 4) is 5.75 Å². The standard InChI is InChI=1S/C14H19BrFNO3/c1-10-6-11(16)7-13(15)14(10)20-9-12(18)8-17-2-4-19-5-3-17/h6-7,12,18H,2-5,8-9H2,1H3. The first-order valence-electron chi connectivity index (χ1n) is 6.63. The number of aliphatic hydroxyl groups is 1. The zero-order valence-corrected chi connectivity index (χ0v) is 13.0. The van der Waals surface area contributed by atoms with Crippen LogP contribution in [0.2, 0.25) is 0 Å². The molecule has 1 aromatic carbocycles. The Bertz CT molecular complexity index is 429. The zero-order valence-electron chi connectivity index (χ0n) is 11.4. The second-order valence-corrected chi connectivity index (χ2v) is 5.77. The van der Waals surface area contributed by atoms with Gasteiger partial charge in [0.2, 0.25) is 0 Å². The molecule has 0 aromatic heterocycles. The molecule has 0 bridgehead atoms. The monoisotopic (exact) mass is 347 g/mol. The van der Waals surface area contributed by atoms with Crippen molar-refractivity contribution >= 4 is 15.9 Å². The topological polar surface area (TPSA) is 41.9 Å². The fraction of sp³-hybridized carbons (Fsp3) is 0.571. The van der Waals surface area contributed by atoms with E-state index >= 15 is 0 Å². The number of morpholine rings is 1. The molecule has 2 rings (SSSR count). The van der Waals surface area contributed by atoms with Gasteiger partial charge in [-0.05, 0) is 40.5 Å². The molecule has 1 N–H and O–H groups in total. The largest absolute Gasteiger partial charge is 0.489 e. The fourth-order valence-corrected chi connectivity index (χ4v) is 2.83. The van der Waals surface area contributed by atoms with E-state index in [0.717, 1.165) is 13.1 Å². The molecule has 1 aliphatic rings. The Labute approximate surface area is 126 Å². The van der Waals surface area contributed by atoms with Gasteiger partial charge < -0.3 is 14.6 Å². The normalized spacial score (nSPS) is 18.0. The van der Waals surface area contributed by atoms with Gasteiger partial charge in [0, 0.05) is 19.6 Å².